The molecule has 0 aliphatic heterocycles. The van der Waals surface area contributed by atoms with Crippen molar-refractivity contribution in [2.24, 2.45) is 5.73 Å². The van der Waals surface area contributed by atoms with Gasteiger partial charge in [-0.2, -0.15) is 0 Å². The third-order valence-corrected chi connectivity index (χ3v) is 4.20. The highest BCUT2D eigenvalue weighted by Crippen LogP contribution is 2.15. The van der Waals surface area contributed by atoms with Crippen molar-refractivity contribution < 1.29 is 24.2 Å². The average molecular weight is 428 g/mol. The van der Waals surface area contributed by atoms with E-state index in [9.17, 15) is 14.7 Å². The summed E-state index contributed by atoms with van der Waals surface area (Å²) in [5, 5.41) is 19.8. The molecule has 2 aromatic rings. The number of rotatable bonds is 9. The van der Waals surface area contributed by atoms with Gasteiger partial charge in [0.15, 0.2) is 6.61 Å². The Hall–Kier alpha value is -3.39. The summed E-state index contributed by atoms with van der Waals surface area (Å²) in [6.45, 7) is 4.95. The summed E-state index contributed by atoms with van der Waals surface area (Å²) in [5.74, 6) is -0.328. The lowest BCUT2D eigenvalue weighted by molar-refractivity contribution is -0.157. The maximum Gasteiger partial charge on any atom is 0.344 e. The van der Waals surface area contributed by atoms with Crippen LogP contribution in [0.4, 0.5) is 0 Å². The van der Waals surface area contributed by atoms with Gasteiger partial charge in [-0.1, -0.05) is 24.3 Å². The molecule has 166 valence electrons. The zero-order valence-electron chi connectivity index (χ0n) is 18.0. The standard InChI is InChI=1S/C23H29N3O5/c1-23(2,3)31-20(28)14-30-19-10-4-15(5-11-19)12-18(13-27)26-22(29)17-8-6-16(7-9-17)21(24)25/h4-11,18,27H,12-14H2,1-3H3,(H3,24,25)(H,26,29). The summed E-state index contributed by atoms with van der Waals surface area (Å²) in [6, 6.07) is 12.9. The Balaban J connectivity index is 1.89. The highest BCUT2D eigenvalue weighted by molar-refractivity contribution is 5.98. The van der Waals surface area contributed by atoms with Crippen LogP contribution in [0.2, 0.25) is 0 Å². The molecule has 0 aliphatic rings. The Morgan fingerprint density at radius 3 is 2.16 bits per heavy atom. The number of benzene rings is 2. The molecule has 8 nitrogen and oxygen atoms in total. The molecular formula is C23H29N3O5. The molecule has 2 aromatic carbocycles. The predicted molar refractivity (Wildman–Crippen MR) is 117 cm³/mol. The van der Waals surface area contributed by atoms with Gasteiger partial charge in [-0.25, -0.2) is 4.79 Å². The second-order valence-corrected chi connectivity index (χ2v) is 8.07. The topological polar surface area (TPSA) is 135 Å². The molecule has 0 radical (unpaired) electrons. The van der Waals surface area contributed by atoms with Crippen LogP contribution in [0.25, 0.3) is 0 Å². The Bertz CT molecular complexity index is 902. The summed E-state index contributed by atoms with van der Waals surface area (Å²) in [4.78, 5) is 24.1. The smallest absolute Gasteiger partial charge is 0.344 e. The number of aliphatic hydroxyl groups is 1. The number of ether oxygens (including phenoxy) is 2. The minimum absolute atomic E-state index is 0.0706. The Morgan fingerprint density at radius 2 is 1.65 bits per heavy atom. The van der Waals surface area contributed by atoms with Crippen LogP contribution >= 0.6 is 0 Å². The van der Waals surface area contributed by atoms with E-state index >= 15 is 0 Å². The average Bonchev–Trinajstić information content (AvgIpc) is 2.71. The number of nitrogens with two attached hydrogens (primary N) is 1. The summed E-state index contributed by atoms with van der Waals surface area (Å²) in [6.07, 6.45) is 0.417. The molecule has 1 amide bonds. The van der Waals surface area contributed by atoms with Crippen LogP contribution in [0, 0.1) is 5.41 Å². The van der Waals surface area contributed by atoms with Gasteiger partial charge in [-0.05, 0) is 57.0 Å². The number of hydrogen-bond acceptors (Lipinski definition) is 6. The van der Waals surface area contributed by atoms with Crippen LogP contribution in [-0.4, -0.2) is 47.7 Å². The molecule has 8 heteroatoms. The minimum Gasteiger partial charge on any atom is -0.482 e. The molecule has 0 saturated heterocycles. The van der Waals surface area contributed by atoms with Gasteiger partial charge in [-0.3, -0.25) is 10.2 Å². The zero-order chi connectivity index (χ0) is 23.0. The zero-order valence-corrected chi connectivity index (χ0v) is 18.0. The first kappa shape index (κ1) is 23.9. The summed E-state index contributed by atoms with van der Waals surface area (Å²) < 4.78 is 10.6. The first-order chi connectivity index (χ1) is 14.6. The normalized spacial score (nSPS) is 12.0. The first-order valence-electron chi connectivity index (χ1n) is 9.87. The van der Waals surface area contributed by atoms with E-state index < -0.39 is 17.6 Å². The highest BCUT2D eigenvalue weighted by atomic mass is 16.6. The molecule has 1 atom stereocenters. The van der Waals surface area contributed by atoms with Crippen LogP contribution in [0.5, 0.6) is 5.75 Å². The van der Waals surface area contributed by atoms with Gasteiger partial charge in [0.05, 0.1) is 12.6 Å². The Morgan fingerprint density at radius 1 is 1.06 bits per heavy atom. The van der Waals surface area contributed by atoms with E-state index in [1.54, 1.807) is 69.3 Å². The number of hydrogen-bond donors (Lipinski definition) is 4. The van der Waals surface area contributed by atoms with Gasteiger partial charge in [-0.15, -0.1) is 0 Å². The molecule has 31 heavy (non-hydrogen) atoms. The molecule has 0 fully saturated rings. The molecule has 1 unspecified atom stereocenters. The van der Waals surface area contributed by atoms with Crippen LogP contribution < -0.4 is 15.8 Å². The van der Waals surface area contributed by atoms with E-state index in [0.29, 0.717) is 23.3 Å². The van der Waals surface area contributed by atoms with E-state index in [0.717, 1.165) is 5.56 Å². The second-order valence-electron chi connectivity index (χ2n) is 8.07. The van der Waals surface area contributed by atoms with Gasteiger partial charge in [0.1, 0.15) is 17.2 Å². The van der Waals surface area contributed by atoms with E-state index in [2.05, 4.69) is 5.32 Å². The lowest BCUT2D eigenvalue weighted by Crippen LogP contribution is -2.39. The Kier molecular flexibility index (Phi) is 8.15. The van der Waals surface area contributed by atoms with E-state index in [-0.39, 0.29) is 25.0 Å². The van der Waals surface area contributed by atoms with Gasteiger partial charge in [0.25, 0.3) is 5.91 Å². The maximum absolute atomic E-state index is 12.4. The highest BCUT2D eigenvalue weighted by Gasteiger charge is 2.17. The number of nitrogen functional groups attached to an aromatic ring is 1. The van der Waals surface area contributed by atoms with Gasteiger partial charge in [0.2, 0.25) is 0 Å². The van der Waals surface area contributed by atoms with Crippen molar-refractivity contribution in [1.82, 2.24) is 5.32 Å². The van der Waals surface area contributed by atoms with Crippen LogP contribution in [-0.2, 0) is 16.0 Å². The lowest BCUT2D eigenvalue weighted by atomic mass is 10.1. The van der Waals surface area contributed by atoms with Crippen molar-refractivity contribution in [3.05, 3.63) is 65.2 Å². The summed E-state index contributed by atoms with van der Waals surface area (Å²) in [5.41, 5.74) is 6.68. The number of esters is 1. The van der Waals surface area contributed by atoms with E-state index in [1.165, 1.54) is 0 Å². The van der Waals surface area contributed by atoms with E-state index in [1.807, 2.05) is 0 Å². The van der Waals surface area contributed by atoms with Gasteiger partial charge < -0.3 is 25.6 Å². The molecule has 0 aliphatic carbocycles. The third kappa shape index (κ3) is 8.10. The predicted octanol–water partition coefficient (Wildman–Crippen LogP) is 2.02. The van der Waals surface area contributed by atoms with Crippen LogP contribution in [0.15, 0.2) is 48.5 Å². The third-order valence-electron chi connectivity index (χ3n) is 4.20. The summed E-state index contributed by atoms with van der Waals surface area (Å²) >= 11 is 0. The molecule has 0 bridgehead atoms. The maximum atomic E-state index is 12.4. The molecule has 0 heterocycles. The number of carbonyl (C=O) groups excluding carboxylic acids is 2. The molecular weight excluding hydrogens is 398 g/mol. The van der Waals surface area contributed by atoms with Gasteiger partial charge >= 0.3 is 5.97 Å². The van der Waals surface area contributed by atoms with Crippen molar-refractivity contribution in [2.45, 2.75) is 38.8 Å². The molecule has 0 saturated carbocycles. The fourth-order valence-electron chi connectivity index (χ4n) is 2.75. The second kappa shape index (κ2) is 10.6. The van der Waals surface area contributed by atoms with Crippen molar-refractivity contribution in [3.8, 4) is 5.75 Å². The lowest BCUT2D eigenvalue weighted by Gasteiger charge is -2.19. The van der Waals surface area contributed by atoms with Crippen LogP contribution in [0.3, 0.4) is 0 Å². The minimum atomic E-state index is -0.566. The number of nitrogens with one attached hydrogen (secondary N) is 2. The van der Waals surface area contributed by atoms with Crippen molar-refractivity contribution in [2.75, 3.05) is 13.2 Å². The first-order valence-corrected chi connectivity index (χ1v) is 9.87. The molecule has 0 spiro atoms. The Labute approximate surface area is 181 Å². The SMILES string of the molecule is CC(C)(C)OC(=O)COc1ccc(CC(CO)NC(=O)c2ccc(C(=N)N)cc2)cc1. The fraction of sp³-hybridized carbons (Fsp3) is 0.348. The van der Waals surface area contributed by atoms with Crippen molar-refractivity contribution in [3.63, 3.8) is 0 Å². The van der Waals surface area contributed by atoms with Crippen molar-refractivity contribution >= 4 is 17.7 Å². The fourth-order valence-corrected chi connectivity index (χ4v) is 2.75. The molecule has 0 aromatic heterocycles. The number of carbonyl (C=O) groups is 2. The number of aliphatic hydroxyl groups excluding tert-OH is 1. The van der Waals surface area contributed by atoms with Crippen molar-refractivity contribution in [1.29, 1.82) is 5.41 Å². The number of amides is 1. The number of amidine groups is 1. The monoisotopic (exact) mass is 427 g/mol. The molecule has 5 N–H and O–H groups in total. The molecule has 2 rings (SSSR count). The quantitative estimate of drug-likeness (QED) is 0.275. The van der Waals surface area contributed by atoms with Gasteiger partial charge in [0, 0.05) is 11.1 Å². The van der Waals surface area contributed by atoms with E-state index in [4.69, 9.17) is 20.6 Å². The van der Waals surface area contributed by atoms with Crippen LogP contribution in [0.1, 0.15) is 42.3 Å². The summed E-state index contributed by atoms with van der Waals surface area (Å²) in [7, 11) is 0. The largest absolute Gasteiger partial charge is 0.482 e.